The van der Waals surface area contributed by atoms with Crippen LogP contribution in [0.3, 0.4) is 0 Å². The maximum atomic E-state index is 12.4. The number of aryl methyl sites for hydroxylation is 1. The van der Waals surface area contributed by atoms with Crippen molar-refractivity contribution in [3.63, 3.8) is 0 Å². The Morgan fingerprint density at radius 1 is 1.33 bits per heavy atom. The first kappa shape index (κ1) is 14.4. The summed E-state index contributed by atoms with van der Waals surface area (Å²) >= 11 is 0. The largest absolute Gasteiger partial charge is 0.356 e. The van der Waals surface area contributed by atoms with Gasteiger partial charge in [-0.05, 0) is 18.4 Å². The van der Waals surface area contributed by atoms with Crippen LogP contribution in [0.2, 0.25) is 0 Å². The van der Waals surface area contributed by atoms with Gasteiger partial charge in [-0.15, -0.1) is 0 Å². The van der Waals surface area contributed by atoms with Gasteiger partial charge in [-0.2, -0.15) is 0 Å². The van der Waals surface area contributed by atoms with Crippen molar-refractivity contribution in [3.05, 3.63) is 35.4 Å². The van der Waals surface area contributed by atoms with E-state index in [2.05, 4.69) is 11.9 Å². The summed E-state index contributed by atoms with van der Waals surface area (Å²) in [5, 5.41) is 0. The topological polar surface area (TPSA) is 32.7 Å². The highest BCUT2D eigenvalue weighted by atomic mass is 16.1. The van der Waals surface area contributed by atoms with Gasteiger partial charge in [0, 0.05) is 19.7 Å². The van der Waals surface area contributed by atoms with Gasteiger partial charge in [-0.3, -0.25) is 9.79 Å². The SMILES string of the molecule is CCc1ccc(C(=O)C(CC)N(C)/C=N\C)cc1. The molecule has 98 valence electrons. The van der Waals surface area contributed by atoms with E-state index in [1.807, 2.05) is 43.1 Å². The van der Waals surface area contributed by atoms with E-state index in [4.69, 9.17) is 0 Å². The minimum Gasteiger partial charge on any atom is -0.356 e. The van der Waals surface area contributed by atoms with Gasteiger partial charge in [-0.1, -0.05) is 38.1 Å². The van der Waals surface area contributed by atoms with Gasteiger partial charge < -0.3 is 4.90 Å². The highest BCUT2D eigenvalue weighted by Crippen LogP contribution is 2.12. The normalized spacial score (nSPS) is 12.7. The number of hydrogen-bond acceptors (Lipinski definition) is 2. The zero-order chi connectivity index (χ0) is 13.5. The fourth-order valence-electron chi connectivity index (χ4n) is 2.02. The molecule has 0 saturated heterocycles. The Morgan fingerprint density at radius 3 is 2.39 bits per heavy atom. The molecule has 0 bridgehead atoms. The molecule has 1 rings (SSSR count). The van der Waals surface area contributed by atoms with Crippen LogP contribution in [-0.4, -0.2) is 37.2 Å². The molecule has 1 atom stereocenters. The third kappa shape index (κ3) is 3.42. The summed E-state index contributed by atoms with van der Waals surface area (Å²) in [6.07, 6.45) is 3.47. The van der Waals surface area contributed by atoms with Crippen LogP contribution in [0.4, 0.5) is 0 Å². The number of rotatable bonds is 6. The van der Waals surface area contributed by atoms with E-state index >= 15 is 0 Å². The third-order valence-electron chi connectivity index (χ3n) is 3.13. The molecule has 0 aromatic heterocycles. The molecule has 0 spiro atoms. The highest BCUT2D eigenvalue weighted by Gasteiger charge is 2.20. The fourth-order valence-corrected chi connectivity index (χ4v) is 2.02. The van der Waals surface area contributed by atoms with Crippen LogP contribution in [0.15, 0.2) is 29.3 Å². The number of benzene rings is 1. The van der Waals surface area contributed by atoms with E-state index in [1.165, 1.54) is 5.56 Å². The smallest absolute Gasteiger partial charge is 0.185 e. The average molecular weight is 246 g/mol. The summed E-state index contributed by atoms with van der Waals surface area (Å²) in [7, 11) is 3.60. The molecule has 0 N–H and O–H groups in total. The van der Waals surface area contributed by atoms with E-state index < -0.39 is 0 Å². The van der Waals surface area contributed by atoms with Crippen molar-refractivity contribution >= 4 is 12.1 Å². The number of hydrogen-bond donors (Lipinski definition) is 0. The molecule has 0 amide bonds. The van der Waals surface area contributed by atoms with Gasteiger partial charge in [0.25, 0.3) is 0 Å². The molecule has 3 nitrogen and oxygen atoms in total. The summed E-state index contributed by atoms with van der Waals surface area (Å²) in [6, 6.07) is 7.74. The van der Waals surface area contributed by atoms with E-state index in [-0.39, 0.29) is 11.8 Å². The van der Waals surface area contributed by atoms with Crippen molar-refractivity contribution in [3.8, 4) is 0 Å². The maximum Gasteiger partial charge on any atom is 0.185 e. The first-order chi connectivity index (χ1) is 8.63. The molecule has 3 heteroatoms. The summed E-state index contributed by atoms with van der Waals surface area (Å²) < 4.78 is 0. The number of Topliss-reactive ketones (excluding diaryl/α,β-unsaturated/α-hetero) is 1. The first-order valence-electron chi connectivity index (χ1n) is 6.41. The van der Waals surface area contributed by atoms with Crippen LogP contribution in [-0.2, 0) is 6.42 Å². The van der Waals surface area contributed by atoms with Crippen molar-refractivity contribution in [2.24, 2.45) is 4.99 Å². The second-order valence-corrected chi connectivity index (χ2v) is 4.38. The Bertz CT molecular complexity index is 409. The van der Waals surface area contributed by atoms with Crippen LogP contribution in [0.25, 0.3) is 0 Å². The number of likely N-dealkylation sites (N-methyl/N-ethyl adjacent to an activating group) is 1. The summed E-state index contributed by atoms with van der Waals surface area (Å²) in [5.74, 6) is 0.155. The van der Waals surface area contributed by atoms with E-state index in [1.54, 1.807) is 13.4 Å². The van der Waals surface area contributed by atoms with E-state index in [0.29, 0.717) is 0 Å². The molecule has 1 unspecified atom stereocenters. The number of ketones is 1. The van der Waals surface area contributed by atoms with Gasteiger partial charge in [0.2, 0.25) is 0 Å². The van der Waals surface area contributed by atoms with Crippen LogP contribution < -0.4 is 0 Å². The van der Waals surface area contributed by atoms with E-state index in [0.717, 1.165) is 18.4 Å². The number of carbonyl (C=O) groups excluding carboxylic acids is 1. The molecule has 0 saturated carbocycles. The molecule has 0 aliphatic rings. The molecule has 1 aromatic rings. The van der Waals surface area contributed by atoms with Crippen molar-refractivity contribution < 1.29 is 4.79 Å². The number of aliphatic imine (C=N–C) groups is 1. The molecule has 18 heavy (non-hydrogen) atoms. The summed E-state index contributed by atoms with van der Waals surface area (Å²) in [6.45, 7) is 4.13. The molecule has 0 aliphatic carbocycles. The lowest BCUT2D eigenvalue weighted by Gasteiger charge is -2.23. The molecule has 0 radical (unpaired) electrons. The lowest BCUT2D eigenvalue weighted by molar-refractivity contribution is 0.0901. The number of nitrogens with zero attached hydrogens (tertiary/aromatic N) is 2. The Hall–Kier alpha value is -1.64. The van der Waals surface area contributed by atoms with Gasteiger partial charge in [-0.25, -0.2) is 0 Å². The first-order valence-corrected chi connectivity index (χ1v) is 6.41. The Balaban J connectivity index is 2.88. The Morgan fingerprint density at radius 2 is 1.94 bits per heavy atom. The van der Waals surface area contributed by atoms with Gasteiger partial charge in [0.1, 0.15) is 0 Å². The zero-order valence-corrected chi connectivity index (χ0v) is 11.7. The minimum atomic E-state index is -0.138. The van der Waals surface area contributed by atoms with E-state index in [9.17, 15) is 4.79 Å². The van der Waals surface area contributed by atoms with Crippen LogP contribution in [0.5, 0.6) is 0 Å². The van der Waals surface area contributed by atoms with Crippen molar-refractivity contribution in [1.82, 2.24) is 4.90 Å². The molecular weight excluding hydrogens is 224 g/mol. The Kier molecular flexibility index (Phi) is 5.56. The standard InChI is InChI=1S/C15H22N2O/c1-5-12-7-9-13(10-8-12)15(18)14(6-2)17(4)11-16-3/h7-11,14H,5-6H2,1-4H3/b16-11-. The molecule has 0 fully saturated rings. The maximum absolute atomic E-state index is 12.4. The molecule has 1 aromatic carbocycles. The average Bonchev–Trinajstić information content (AvgIpc) is 2.40. The minimum absolute atomic E-state index is 0.138. The van der Waals surface area contributed by atoms with Crippen molar-refractivity contribution in [1.29, 1.82) is 0 Å². The second kappa shape index (κ2) is 6.94. The van der Waals surface area contributed by atoms with Crippen LogP contribution in [0.1, 0.15) is 36.2 Å². The fraction of sp³-hybridized carbons (Fsp3) is 0.467. The van der Waals surface area contributed by atoms with Gasteiger partial charge >= 0.3 is 0 Å². The third-order valence-corrected chi connectivity index (χ3v) is 3.13. The zero-order valence-electron chi connectivity index (χ0n) is 11.7. The lowest BCUT2D eigenvalue weighted by atomic mass is 10.00. The predicted octanol–water partition coefficient (Wildman–Crippen LogP) is 2.80. The second-order valence-electron chi connectivity index (χ2n) is 4.38. The van der Waals surface area contributed by atoms with Crippen molar-refractivity contribution in [2.45, 2.75) is 32.7 Å². The van der Waals surface area contributed by atoms with Gasteiger partial charge in [0.15, 0.2) is 5.78 Å². The summed E-state index contributed by atoms with van der Waals surface area (Å²) in [5.41, 5.74) is 2.03. The van der Waals surface area contributed by atoms with Crippen LogP contribution in [0, 0.1) is 0 Å². The molecule has 0 heterocycles. The quantitative estimate of drug-likeness (QED) is 0.439. The monoisotopic (exact) mass is 246 g/mol. The van der Waals surface area contributed by atoms with Gasteiger partial charge in [0.05, 0.1) is 12.4 Å². The predicted molar refractivity (Wildman–Crippen MR) is 76.4 cm³/mol. The summed E-state index contributed by atoms with van der Waals surface area (Å²) in [4.78, 5) is 18.2. The highest BCUT2D eigenvalue weighted by molar-refractivity contribution is 6.01. The van der Waals surface area contributed by atoms with Crippen molar-refractivity contribution in [2.75, 3.05) is 14.1 Å². The molecular formula is C15H22N2O. The number of carbonyl (C=O) groups is 1. The van der Waals surface area contributed by atoms with Crippen LogP contribution >= 0.6 is 0 Å². The molecule has 0 aliphatic heterocycles. The Labute approximate surface area is 110 Å². The lowest BCUT2D eigenvalue weighted by Crippen LogP contribution is -2.37.